The first-order valence-corrected chi connectivity index (χ1v) is 8.25. The number of rotatable bonds is 4. The second-order valence-electron chi connectivity index (χ2n) is 4.94. The second kappa shape index (κ2) is 6.65. The van der Waals surface area contributed by atoms with Crippen LogP contribution in [0, 0.1) is 0 Å². The van der Waals surface area contributed by atoms with Crippen molar-refractivity contribution in [2.24, 2.45) is 0 Å². The number of furan rings is 1. The zero-order valence-electron chi connectivity index (χ0n) is 12.0. The monoisotopic (exact) mass is 412 g/mol. The molecule has 0 saturated heterocycles. The first-order valence-electron chi connectivity index (χ1n) is 6.71. The summed E-state index contributed by atoms with van der Waals surface area (Å²) >= 11 is 15.4. The molecule has 1 aromatic heterocycles. The lowest BCUT2D eigenvalue weighted by Crippen LogP contribution is -2.04. The maximum atomic E-state index is 12.8. The zero-order valence-corrected chi connectivity index (χ0v) is 15.1. The van der Waals surface area contributed by atoms with Crippen LogP contribution in [0.5, 0.6) is 0 Å². The number of hydrogen-bond acceptors (Lipinski definition) is 3. The Bertz CT molecular complexity index is 902. The summed E-state index contributed by atoms with van der Waals surface area (Å²) < 4.78 is 11.9. The van der Waals surface area contributed by atoms with E-state index in [2.05, 4.69) is 15.9 Å². The Labute approximate surface area is 151 Å². The average molecular weight is 414 g/mol. The van der Waals surface area contributed by atoms with Crippen molar-refractivity contribution >= 4 is 55.9 Å². The van der Waals surface area contributed by atoms with Crippen LogP contribution in [0.4, 0.5) is 0 Å². The summed E-state index contributed by atoms with van der Waals surface area (Å²) in [5, 5.41) is 1.59. The number of methoxy groups -OCH3 is 1. The van der Waals surface area contributed by atoms with Crippen LogP contribution in [-0.4, -0.2) is 12.9 Å². The molecule has 118 valence electrons. The van der Waals surface area contributed by atoms with Crippen LogP contribution in [0.1, 0.15) is 21.7 Å². The molecular weight excluding hydrogens is 403 g/mol. The van der Waals surface area contributed by atoms with Gasteiger partial charge in [-0.15, -0.1) is 0 Å². The largest absolute Gasteiger partial charge is 0.452 e. The van der Waals surface area contributed by atoms with E-state index < -0.39 is 0 Å². The Kier molecular flexibility index (Phi) is 4.78. The topological polar surface area (TPSA) is 39.4 Å². The number of carbonyl (C=O) groups is 1. The molecule has 0 aliphatic rings. The van der Waals surface area contributed by atoms with E-state index in [1.165, 1.54) is 6.07 Å². The molecule has 0 atom stereocenters. The molecule has 0 aliphatic heterocycles. The van der Waals surface area contributed by atoms with Crippen LogP contribution < -0.4 is 0 Å². The van der Waals surface area contributed by atoms with Gasteiger partial charge >= 0.3 is 0 Å². The summed E-state index contributed by atoms with van der Waals surface area (Å²) in [7, 11) is 1.57. The smallest absolute Gasteiger partial charge is 0.230 e. The van der Waals surface area contributed by atoms with Crippen LogP contribution in [0.15, 0.2) is 45.3 Å². The maximum Gasteiger partial charge on any atom is 0.230 e. The van der Waals surface area contributed by atoms with E-state index in [9.17, 15) is 4.79 Å². The number of carbonyl (C=O) groups excluding carboxylic acids is 1. The van der Waals surface area contributed by atoms with Crippen LogP contribution in [-0.2, 0) is 11.3 Å². The normalized spacial score (nSPS) is 11.1. The van der Waals surface area contributed by atoms with Crippen molar-refractivity contribution < 1.29 is 13.9 Å². The lowest BCUT2D eigenvalue weighted by molar-refractivity contribution is 0.100. The van der Waals surface area contributed by atoms with Gasteiger partial charge in [-0.25, -0.2) is 0 Å². The number of benzene rings is 2. The van der Waals surface area contributed by atoms with E-state index in [-0.39, 0.29) is 23.2 Å². The van der Waals surface area contributed by atoms with Gasteiger partial charge in [0.05, 0.1) is 11.6 Å². The van der Waals surface area contributed by atoms with Gasteiger partial charge < -0.3 is 9.15 Å². The van der Waals surface area contributed by atoms with Crippen molar-refractivity contribution in [3.8, 4) is 0 Å². The van der Waals surface area contributed by atoms with E-state index in [4.69, 9.17) is 32.4 Å². The van der Waals surface area contributed by atoms with Crippen molar-refractivity contribution in [3.05, 3.63) is 67.8 Å². The second-order valence-corrected chi connectivity index (χ2v) is 6.70. The molecular formula is C17H11BrCl2O3. The Morgan fingerprint density at radius 2 is 2.00 bits per heavy atom. The summed E-state index contributed by atoms with van der Waals surface area (Å²) in [6.45, 7) is 0.265. The number of halogens is 3. The van der Waals surface area contributed by atoms with E-state index in [0.29, 0.717) is 21.7 Å². The van der Waals surface area contributed by atoms with Gasteiger partial charge in [0, 0.05) is 33.1 Å². The van der Waals surface area contributed by atoms with Gasteiger partial charge in [0.2, 0.25) is 5.78 Å². The van der Waals surface area contributed by atoms with Crippen LogP contribution in [0.2, 0.25) is 10.0 Å². The van der Waals surface area contributed by atoms with Crippen molar-refractivity contribution in [2.45, 2.75) is 6.61 Å². The van der Waals surface area contributed by atoms with Crippen molar-refractivity contribution in [3.63, 3.8) is 0 Å². The summed E-state index contributed by atoms with van der Waals surface area (Å²) in [4.78, 5) is 12.8. The molecule has 3 aromatic rings. The number of hydrogen-bond donors (Lipinski definition) is 0. The quantitative estimate of drug-likeness (QED) is 0.501. The third-order valence-electron chi connectivity index (χ3n) is 3.43. The van der Waals surface area contributed by atoms with Crippen LogP contribution in [0.25, 0.3) is 11.0 Å². The molecule has 0 aliphatic carbocycles. The van der Waals surface area contributed by atoms with E-state index in [0.717, 1.165) is 9.86 Å². The fourth-order valence-corrected chi connectivity index (χ4v) is 3.23. The molecule has 0 radical (unpaired) electrons. The van der Waals surface area contributed by atoms with Crippen molar-refractivity contribution in [2.75, 3.05) is 7.11 Å². The average Bonchev–Trinajstić information content (AvgIpc) is 2.85. The van der Waals surface area contributed by atoms with Crippen molar-refractivity contribution in [1.29, 1.82) is 0 Å². The molecule has 0 spiro atoms. The Morgan fingerprint density at radius 1 is 1.22 bits per heavy atom. The number of ether oxygens (including phenoxy) is 1. The highest BCUT2D eigenvalue weighted by molar-refractivity contribution is 9.10. The van der Waals surface area contributed by atoms with Gasteiger partial charge in [0.15, 0.2) is 5.76 Å². The highest BCUT2D eigenvalue weighted by atomic mass is 79.9. The molecule has 0 amide bonds. The summed E-state index contributed by atoms with van der Waals surface area (Å²) in [6, 6.07) is 10.3. The third kappa shape index (κ3) is 3.17. The summed E-state index contributed by atoms with van der Waals surface area (Å²) in [5.41, 5.74) is 1.65. The Hall–Kier alpha value is -1.33. The minimum atomic E-state index is -0.300. The van der Waals surface area contributed by atoms with E-state index in [1.54, 1.807) is 19.2 Å². The molecule has 23 heavy (non-hydrogen) atoms. The zero-order chi connectivity index (χ0) is 16.6. The van der Waals surface area contributed by atoms with Crippen LogP contribution >= 0.6 is 39.1 Å². The van der Waals surface area contributed by atoms with Crippen LogP contribution in [0.3, 0.4) is 0 Å². The SMILES string of the molecule is COCc1c(C(=O)c2ccc(Cl)cc2Cl)oc2cc(Br)ccc12. The summed E-state index contributed by atoms with van der Waals surface area (Å²) in [6.07, 6.45) is 0. The number of fused-ring (bicyclic) bond motifs is 1. The highest BCUT2D eigenvalue weighted by Crippen LogP contribution is 2.32. The van der Waals surface area contributed by atoms with E-state index in [1.807, 2.05) is 18.2 Å². The molecule has 2 aromatic carbocycles. The first-order chi connectivity index (χ1) is 11.0. The predicted octanol–water partition coefficient (Wildman–Crippen LogP) is 5.88. The van der Waals surface area contributed by atoms with Gasteiger partial charge in [-0.2, -0.15) is 0 Å². The molecule has 6 heteroatoms. The van der Waals surface area contributed by atoms with Gasteiger partial charge in [0.1, 0.15) is 5.58 Å². The van der Waals surface area contributed by atoms with Crippen molar-refractivity contribution in [1.82, 2.24) is 0 Å². The molecule has 0 N–H and O–H groups in total. The highest BCUT2D eigenvalue weighted by Gasteiger charge is 2.23. The van der Waals surface area contributed by atoms with E-state index >= 15 is 0 Å². The number of ketones is 1. The molecule has 0 bridgehead atoms. The molecule has 0 unspecified atom stereocenters. The Balaban J connectivity index is 2.17. The minimum Gasteiger partial charge on any atom is -0.452 e. The standard InChI is InChI=1S/C17H11BrCl2O3/c1-22-8-13-11-4-2-9(18)6-15(11)23-17(13)16(21)12-5-3-10(19)7-14(12)20/h2-7H,8H2,1H3. The maximum absolute atomic E-state index is 12.8. The van der Waals surface area contributed by atoms with Gasteiger partial charge in [0.25, 0.3) is 0 Å². The molecule has 1 heterocycles. The van der Waals surface area contributed by atoms with Gasteiger partial charge in [-0.1, -0.05) is 39.1 Å². The lowest BCUT2D eigenvalue weighted by atomic mass is 10.0. The van der Waals surface area contributed by atoms with Gasteiger partial charge in [-0.3, -0.25) is 4.79 Å². The summed E-state index contributed by atoms with van der Waals surface area (Å²) in [5.74, 6) is -0.0739. The predicted molar refractivity (Wildman–Crippen MR) is 94.5 cm³/mol. The minimum absolute atomic E-state index is 0.226. The third-order valence-corrected chi connectivity index (χ3v) is 4.47. The molecule has 0 saturated carbocycles. The fourth-order valence-electron chi connectivity index (χ4n) is 2.39. The molecule has 3 rings (SSSR count). The Morgan fingerprint density at radius 3 is 2.70 bits per heavy atom. The molecule has 3 nitrogen and oxygen atoms in total. The molecule has 0 fully saturated rings. The van der Waals surface area contributed by atoms with Gasteiger partial charge in [-0.05, 0) is 36.4 Å². The lowest BCUT2D eigenvalue weighted by Gasteiger charge is -2.04. The first kappa shape index (κ1) is 16.5. The fraction of sp³-hybridized carbons (Fsp3) is 0.118.